The summed E-state index contributed by atoms with van der Waals surface area (Å²) in [4.78, 5) is 35.0. The van der Waals surface area contributed by atoms with Crippen molar-refractivity contribution < 1.29 is 52.9 Å². The fourth-order valence-electron chi connectivity index (χ4n) is 4.97. The second kappa shape index (κ2) is 43.7. The van der Waals surface area contributed by atoms with E-state index in [-0.39, 0.29) is 19.3 Å². The first kappa shape index (κ1) is 58.1. The normalized spacial score (nSPS) is 15.5. The average Bonchev–Trinajstić information content (AvgIpc) is 3.26. The number of hydrogen-bond donors (Lipinski definition) is 4. The van der Waals surface area contributed by atoms with Crippen LogP contribution in [0.4, 0.5) is 0 Å². The molecule has 0 saturated heterocycles. The Labute approximate surface area is 373 Å². The number of unbranched alkanes of at least 4 members (excludes halogenated alkanes) is 3. The number of hydrogen-bond acceptors (Lipinski definition) is 10. The zero-order chi connectivity index (χ0) is 45.6. The van der Waals surface area contributed by atoms with Crippen molar-refractivity contribution in [2.24, 2.45) is 0 Å². The van der Waals surface area contributed by atoms with Crippen molar-refractivity contribution in [3.8, 4) is 0 Å². The van der Waals surface area contributed by atoms with Crippen LogP contribution in [0.15, 0.2) is 134 Å². The van der Waals surface area contributed by atoms with Gasteiger partial charge in [-0.05, 0) is 83.5 Å². The summed E-state index contributed by atoms with van der Waals surface area (Å²) >= 11 is 0. The zero-order valence-corrected chi connectivity index (χ0v) is 38.3. The minimum absolute atomic E-state index is 0.0431. The van der Waals surface area contributed by atoms with E-state index in [0.29, 0.717) is 6.42 Å². The van der Waals surface area contributed by atoms with E-state index in [9.17, 15) is 29.3 Å². The van der Waals surface area contributed by atoms with Gasteiger partial charge in [-0.2, -0.15) is 0 Å². The number of phosphoric ester groups is 1. The maximum atomic E-state index is 12.6. The third-order valence-electron chi connectivity index (χ3n) is 8.42. The highest BCUT2D eigenvalue weighted by Gasteiger charge is 2.27. The van der Waals surface area contributed by atoms with Gasteiger partial charge in [0.25, 0.3) is 0 Å². The van der Waals surface area contributed by atoms with Gasteiger partial charge in [-0.1, -0.05) is 160 Å². The Hall–Kier alpha value is -3.93. The van der Waals surface area contributed by atoms with Crippen LogP contribution in [-0.2, 0) is 32.7 Å². The first-order valence-electron chi connectivity index (χ1n) is 22.3. The number of ether oxygens (including phenoxy) is 2. The highest BCUT2D eigenvalue weighted by atomic mass is 31.2. The van der Waals surface area contributed by atoms with Crippen molar-refractivity contribution in [2.75, 3.05) is 26.4 Å². The molecule has 4 N–H and O–H groups in total. The fourth-order valence-corrected chi connectivity index (χ4v) is 5.76. The third kappa shape index (κ3) is 42.7. The molecule has 12 heteroatoms. The van der Waals surface area contributed by atoms with Crippen molar-refractivity contribution in [1.82, 2.24) is 0 Å². The molecule has 0 aliphatic carbocycles. The van der Waals surface area contributed by atoms with Crippen LogP contribution in [-0.4, -0.2) is 76.9 Å². The Morgan fingerprint density at radius 3 is 1.56 bits per heavy atom. The minimum atomic E-state index is -4.71. The SMILES string of the molecule is CC/C=C\C/C=C\C/C=C\C/C=C\C/C=C\C=C/C(O)CCC(=O)O[C@H](COC(=O)CC/C=C\C/C=C\C/C=C\C/C=C\C/C=C\CCCCC)COP(=O)(O)OC[C@@H](O)CO. The number of phosphoric acid groups is 1. The number of rotatable bonds is 39. The molecule has 0 aromatic heterocycles. The van der Waals surface area contributed by atoms with E-state index in [1.165, 1.54) is 19.3 Å². The Morgan fingerprint density at radius 2 is 1.05 bits per heavy atom. The molecular formula is C50H77O11P. The largest absolute Gasteiger partial charge is 0.472 e. The topological polar surface area (TPSA) is 169 Å². The van der Waals surface area contributed by atoms with Crippen LogP contribution in [0.3, 0.4) is 0 Å². The van der Waals surface area contributed by atoms with Crippen molar-refractivity contribution in [3.63, 3.8) is 0 Å². The molecule has 62 heavy (non-hydrogen) atoms. The van der Waals surface area contributed by atoms with E-state index < -0.39 is 64.5 Å². The van der Waals surface area contributed by atoms with E-state index in [1.807, 2.05) is 24.3 Å². The zero-order valence-electron chi connectivity index (χ0n) is 37.4. The quantitative estimate of drug-likeness (QED) is 0.0152. The molecule has 0 aromatic carbocycles. The third-order valence-corrected chi connectivity index (χ3v) is 9.37. The van der Waals surface area contributed by atoms with Gasteiger partial charge < -0.3 is 29.7 Å². The lowest BCUT2D eigenvalue weighted by Crippen LogP contribution is -2.30. The maximum Gasteiger partial charge on any atom is 0.472 e. The number of aliphatic hydroxyl groups excluding tert-OH is 3. The number of aliphatic hydroxyl groups is 3. The summed E-state index contributed by atoms with van der Waals surface area (Å²) in [6, 6.07) is 0. The van der Waals surface area contributed by atoms with Gasteiger partial charge in [-0.15, -0.1) is 0 Å². The molecule has 0 bridgehead atoms. The number of esters is 2. The maximum absolute atomic E-state index is 12.6. The molecule has 0 saturated carbocycles. The monoisotopic (exact) mass is 885 g/mol. The van der Waals surface area contributed by atoms with Gasteiger partial charge in [0.1, 0.15) is 12.7 Å². The van der Waals surface area contributed by atoms with E-state index in [0.717, 1.165) is 64.2 Å². The molecular weight excluding hydrogens is 808 g/mol. The van der Waals surface area contributed by atoms with Crippen LogP contribution in [0.1, 0.15) is 123 Å². The molecule has 0 amide bonds. The van der Waals surface area contributed by atoms with E-state index in [4.69, 9.17) is 19.1 Å². The molecule has 2 unspecified atom stereocenters. The molecule has 0 spiro atoms. The van der Waals surface area contributed by atoms with Gasteiger partial charge in [0.2, 0.25) is 0 Å². The smallest absolute Gasteiger partial charge is 0.462 e. The summed E-state index contributed by atoms with van der Waals surface area (Å²) in [5, 5.41) is 28.7. The van der Waals surface area contributed by atoms with Gasteiger partial charge in [-0.3, -0.25) is 18.6 Å². The number of allylic oxidation sites excluding steroid dienone is 21. The fraction of sp³-hybridized carbons (Fsp3) is 0.520. The summed E-state index contributed by atoms with van der Waals surface area (Å²) in [6.07, 6.45) is 54.7. The second-order valence-electron chi connectivity index (χ2n) is 14.2. The molecule has 348 valence electrons. The predicted molar refractivity (Wildman–Crippen MR) is 252 cm³/mol. The Kier molecular flexibility index (Phi) is 40.9. The molecule has 0 radical (unpaired) electrons. The lowest BCUT2D eigenvalue weighted by Gasteiger charge is -2.20. The molecule has 0 fully saturated rings. The van der Waals surface area contributed by atoms with E-state index in [1.54, 1.807) is 18.2 Å². The Bertz CT molecular complexity index is 1500. The van der Waals surface area contributed by atoms with Crippen molar-refractivity contribution in [1.29, 1.82) is 0 Å². The number of carbonyl (C=O) groups is 2. The van der Waals surface area contributed by atoms with E-state index in [2.05, 4.69) is 110 Å². The minimum Gasteiger partial charge on any atom is -0.462 e. The molecule has 11 nitrogen and oxygen atoms in total. The molecule has 4 atom stereocenters. The molecule has 0 heterocycles. The lowest BCUT2D eigenvalue weighted by molar-refractivity contribution is -0.161. The molecule has 0 rings (SSSR count). The van der Waals surface area contributed by atoms with Crippen LogP contribution >= 0.6 is 7.82 Å². The van der Waals surface area contributed by atoms with Crippen LogP contribution < -0.4 is 0 Å². The summed E-state index contributed by atoms with van der Waals surface area (Å²) in [5.74, 6) is -1.32. The Balaban J connectivity index is 4.67. The predicted octanol–water partition coefficient (Wildman–Crippen LogP) is 11.1. The van der Waals surface area contributed by atoms with Gasteiger partial charge >= 0.3 is 19.8 Å². The van der Waals surface area contributed by atoms with E-state index >= 15 is 0 Å². The summed E-state index contributed by atoms with van der Waals surface area (Å²) < 4.78 is 32.4. The lowest BCUT2D eigenvalue weighted by atomic mass is 10.2. The number of carbonyl (C=O) groups excluding carboxylic acids is 2. The second-order valence-corrected chi connectivity index (χ2v) is 15.6. The summed E-state index contributed by atoms with van der Waals surface area (Å²) in [5.41, 5.74) is 0. The van der Waals surface area contributed by atoms with Gasteiger partial charge in [0.05, 0.1) is 25.9 Å². The first-order chi connectivity index (χ1) is 30.1. The van der Waals surface area contributed by atoms with Crippen LogP contribution in [0, 0.1) is 0 Å². The molecule has 0 aliphatic rings. The first-order valence-corrected chi connectivity index (χ1v) is 23.7. The van der Waals surface area contributed by atoms with Gasteiger partial charge in [-0.25, -0.2) is 4.57 Å². The van der Waals surface area contributed by atoms with Crippen molar-refractivity contribution in [3.05, 3.63) is 134 Å². The van der Waals surface area contributed by atoms with Gasteiger partial charge in [0, 0.05) is 12.8 Å². The van der Waals surface area contributed by atoms with Crippen LogP contribution in [0.5, 0.6) is 0 Å². The highest BCUT2D eigenvalue weighted by Crippen LogP contribution is 2.43. The van der Waals surface area contributed by atoms with Crippen LogP contribution in [0.25, 0.3) is 0 Å². The average molecular weight is 885 g/mol. The Morgan fingerprint density at radius 1 is 0.565 bits per heavy atom. The summed E-state index contributed by atoms with van der Waals surface area (Å²) in [6.45, 7) is 1.84. The van der Waals surface area contributed by atoms with Crippen molar-refractivity contribution in [2.45, 2.75) is 141 Å². The molecule has 0 aromatic rings. The van der Waals surface area contributed by atoms with Crippen molar-refractivity contribution >= 4 is 19.8 Å². The van der Waals surface area contributed by atoms with Gasteiger partial charge in [0.15, 0.2) is 6.10 Å². The molecule has 0 aliphatic heterocycles. The van der Waals surface area contributed by atoms with Crippen LogP contribution in [0.2, 0.25) is 0 Å². The standard InChI is InChI=1S/C50H77O11P/c1-3-5-7-9-11-13-15-17-19-21-22-23-25-27-29-31-33-35-37-39-49(54)58-44-48(45-60-62(56,57)59-43-47(53)42-51)61-50(55)41-40-46(52)38-36-34-32-30-28-26-24-20-18-16-14-12-10-8-6-4-2/h6,8,11-14,17-20,22-23,26-29,32-36,38,46-48,51-53H,3-5,7,9-10,15-16,21,24-25,30-31,37,39-45H2,1-2H3,(H,56,57)/b8-6-,13-11-,14-12-,19-17-,20-18-,23-22-,28-26-,29-27-,34-32-,35-33-,38-36-/t46?,47-,48+/m0/s1. The highest BCUT2D eigenvalue weighted by molar-refractivity contribution is 7.47. The summed E-state index contributed by atoms with van der Waals surface area (Å²) in [7, 11) is -4.71.